The van der Waals surface area contributed by atoms with Crippen LogP contribution in [0.1, 0.15) is 32.1 Å². The maximum Gasteiger partial charge on any atom is 0.0613 e. The van der Waals surface area contributed by atoms with Gasteiger partial charge in [-0.2, -0.15) is 0 Å². The van der Waals surface area contributed by atoms with Crippen molar-refractivity contribution < 1.29 is 5.11 Å². The van der Waals surface area contributed by atoms with E-state index in [9.17, 15) is 5.11 Å². The summed E-state index contributed by atoms with van der Waals surface area (Å²) in [5.74, 6) is 0. The Labute approximate surface area is 111 Å². The molecule has 0 aromatic carbocycles. The van der Waals surface area contributed by atoms with Crippen LogP contribution in [0.15, 0.2) is 0 Å². The summed E-state index contributed by atoms with van der Waals surface area (Å²) in [6.07, 6.45) is 5.97. The quantitative estimate of drug-likeness (QED) is 0.768. The summed E-state index contributed by atoms with van der Waals surface area (Å²) in [5.41, 5.74) is -0.0234. The average molecular weight is 255 g/mol. The Kier molecular flexibility index (Phi) is 4.64. The van der Waals surface area contributed by atoms with Gasteiger partial charge in [0, 0.05) is 17.6 Å². The number of nitrogens with one attached hydrogen (secondary N) is 1. The third kappa shape index (κ3) is 2.87. The van der Waals surface area contributed by atoms with Crippen molar-refractivity contribution in [2.75, 3.05) is 40.8 Å². The van der Waals surface area contributed by atoms with Gasteiger partial charge in [0.1, 0.15) is 0 Å². The van der Waals surface area contributed by atoms with Gasteiger partial charge in [0.25, 0.3) is 0 Å². The van der Waals surface area contributed by atoms with Gasteiger partial charge < -0.3 is 20.2 Å². The number of aliphatic hydroxyl groups excluding tert-OH is 1. The lowest BCUT2D eigenvalue weighted by Crippen LogP contribution is -2.48. The van der Waals surface area contributed by atoms with Crippen LogP contribution in [-0.2, 0) is 0 Å². The van der Waals surface area contributed by atoms with E-state index in [2.05, 4.69) is 29.2 Å². The van der Waals surface area contributed by atoms with Crippen molar-refractivity contribution in [2.24, 2.45) is 0 Å². The first-order valence-electron chi connectivity index (χ1n) is 7.30. The molecule has 4 nitrogen and oxygen atoms in total. The van der Waals surface area contributed by atoms with E-state index >= 15 is 0 Å². The highest BCUT2D eigenvalue weighted by Crippen LogP contribution is 2.34. The molecule has 18 heavy (non-hydrogen) atoms. The van der Waals surface area contributed by atoms with E-state index in [-0.39, 0.29) is 12.1 Å². The minimum atomic E-state index is -0.0234. The molecule has 2 unspecified atom stereocenters. The molecule has 0 amide bonds. The summed E-state index contributed by atoms with van der Waals surface area (Å²) in [7, 11) is 6.47. The summed E-state index contributed by atoms with van der Waals surface area (Å²) >= 11 is 0. The van der Waals surface area contributed by atoms with Crippen LogP contribution in [0, 0.1) is 0 Å². The van der Waals surface area contributed by atoms with Crippen LogP contribution in [0.5, 0.6) is 0 Å². The van der Waals surface area contributed by atoms with Gasteiger partial charge in [-0.25, -0.2) is 0 Å². The maximum absolute atomic E-state index is 9.57. The number of piperidine rings is 1. The van der Waals surface area contributed by atoms with Gasteiger partial charge in [-0.1, -0.05) is 0 Å². The molecule has 0 radical (unpaired) electrons. The zero-order valence-corrected chi connectivity index (χ0v) is 12.2. The molecule has 4 heteroatoms. The SMILES string of the molecule is CNC1(CO)CCC(N(C)C2CCN(C)CC2)C1. The van der Waals surface area contributed by atoms with Crippen molar-refractivity contribution >= 4 is 0 Å². The van der Waals surface area contributed by atoms with Crippen LogP contribution in [0.25, 0.3) is 0 Å². The van der Waals surface area contributed by atoms with Gasteiger partial charge in [0.2, 0.25) is 0 Å². The number of likely N-dealkylation sites (N-methyl/N-ethyl adjacent to an activating group) is 1. The Morgan fingerprint density at radius 1 is 1.28 bits per heavy atom. The zero-order chi connectivity index (χ0) is 13.2. The maximum atomic E-state index is 9.57. The van der Waals surface area contributed by atoms with Gasteiger partial charge in [0.15, 0.2) is 0 Å². The molecule has 2 aliphatic rings. The van der Waals surface area contributed by atoms with Gasteiger partial charge >= 0.3 is 0 Å². The molecule has 106 valence electrons. The van der Waals surface area contributed by atoms with E-state index in [1.165, 1.54) is 32.4 Å². The molecule has 2 atom stereocenters. The average Bonchev–Trinajstić information content (AvgIpc) is 2.84. The minimum absolute atomic E-state index is 0.0234. The van der Waals surface area contributed by atoms with Gasteiger partial charge in [-0.05, 0) is 66.3 Å². The summed E-state index contributed by atoms with van der Waals surface area (Å²) in [6.45, 7) is 2.71. The lowest BCUT2D eigenvalue weighted by atomic mass is 9.97. The second-order valence-corrected chi connectivity index (χ2v) is 6.28. The van der Waals surface area contributed by atoms with Crippen molar-refractivity contribution in [3.63, 3.8) is 0 Å². The van der Waals surface area contributed by atoms with E-state index in [1.54, 1.807) is 0 Å². The van der Waals surface area contributed by atoms with E-state index in [0.29, 0.717) is 6.04 Å². The fourth-order valence-corrected chi connectivity index (χ4v) is 3.60. The van der Waals surface area contributed by atoms with Gasteiger partial charge in [-0.3, -0.25) is 0 Å². The standard InChI is InChI=1S/C14H29N3O/c1-15-14(11-18)7-4-13(10-14)17(3)12-5-8-16(2)9-6-12/h12-13,15,18H,4-11H2,1-3H3. The van der Waals surface area contributed by atoms with Crippen molar-refractivity contribution in [3.05, 3.63) is 0 Å². The first-order chi connectivity index (χ1) is 8.60. The Balaban J connectivity index is 1.89. The molecule has 1 aliphatic carbocycles. The minimum Gasteiger partial charge on any atom is -0.394 e. The Morgan fingerprint density at radius 3 is 2.44 bits per heavy atom. The van der Waals surface area contributed by atoms with Crippen molar-refractivity contribution in [2.45, 2.75) is 49.7 Å². The molecule has 0 aromatic rings. The highest BCUT2D eigenvalue weighted by molar-refractivity contribution is 4.99. The Hall–Kier alpha value is -0.160. The number of likely N-dealkylation sites (tertiary alicyclic amines) is 1. The molecule has 2 N–H and O–H groups in total. The molecule has 0 bridgehead atoms. The number of nitrogens with zero attached hydrogens (tertiary/aromatic N) is 2. The molecule has 0 aromatic heterocycles. The Bertz CT molecular complexity index is 260. The van der Waals surface area contributed by atoms with Crippen molar-refractivity contribution in [1.29, 1.82) is 0 Å². The lowest BCUT2D eigenvalue weighted by molar-refractivity contribution is 0.0984. The fourth-order valence-electron chi connectivity index (χ4n) is 3.60. The van der Waals surface area contributed by atoms with Crippen molar-refractivity contribution in [1.82, 2.24) is 15.1 Å². The monoisotopic (exact) mass is 255 g/mol. The van der Waals surface area contributed by atoms with Crippen LogP contribution in [0.3, 0.4) is 0 Å². The summed E-state index contributed by atoms with van der Waals surface area (Å²) in [6, 6.07) is 1.37. The number of hydrogen-bond donors (Lipinski definition) is 2. The third-order valence-corrected chi connectivity index (χ3v) is 5.26. The zero-order valence-electron chi connectivity index (χ0n) is 12.2. The summed E-state index contributed by atoms with van der Waals surface area (Å²) in [4.78, 5) is 5.01. The third-order valence-electron chi connectivity index (χ3n) is 5.26. The second-order valence-electron chi connectivity index (χ2n) is 6.28. The first kappa shape index (κ1) is 14.3. The van der Waals surface area contributed by atoms with Crippen molar-refractivity contribution in [3.8, 4) is 0 Å². The number of hydrogen-bond acceptors (Lipinski definition) is 4. The smallest absolute Gasteiger partial charge is 0.0613 e. The molecular formula is C14H29N3O. The predicted molar refractivity (Wildman–Crippen MR) is 74.8 cm³/mol. The van der Waals surface area contributed by atoms with E-state index in [1.807, 2.05) is 7.05 Å². The van der Waals surface area contributed by atoms with Crippen LogP contribution in [-0.4, -0.2) is 73.4 Å². The lowest BCUT2D eigenvalue weighted by Gasteiger charge is -2.39. The topological polar surface area (TPSA) is 38.7 Å². The molecule has 1 saturated heterocycles. The van der Waals surface area contributed by atoms with Crippen LogP contribution >= 0.6 is 0 Å². The Morgan fingerprint density at radius 2 is 1.94 bits per heavy atom. The highest BCUT2D eigenvalue weighted by Gasteiger charge is 2.40. The molecule has 1 saturated carbocycles. The van der Waals surface area contributed by atoms with E-state index < -0.39 is 0 Å². The molecule has 1 heterocycles. The summed E-state index contributed by atoms with van der Waals surface area (Å²) < 4.78 is 0. The largest absolute Gasteiger partial charge is 0.394 e. The molecule has 0 spiro atoms. The second kappa shape index (κ2) is 5.87. The number of rotatable bonds is 4. The summed E-state index contributed by atoms with van der Waals surface area (Å²) in [5, 5.41) is 12.9. The normalized spacial score (nSPS) is 35.5. The molecule has 2 rings (SSSR count). The first-order valence-corrected chi connectivity index (χ1v) is 7.30. The highest BCUT2D eigenvalue weighted by atomic mass is 16.3. The predicted octanol–water partition coefficient (Wildman–Crippen LogP) is 0.515. The molecule has 2 fully saturated rings. The number of aliphatic hydroxyl groups is 1. The molecule has 1 aliphatic heterocycles. The van der Waals surface area contributed by atoms with Crippen LogP contribution in [0.4, 0.5) is 0 Å². The van der Waals surface area contributed by atoms with Gasteiger partial charge in [0.05, 0.1) is 6.61 Å². The fraction of sp³-hybridized carbons (Fsp3) is 1.00. The van der Waals surface area contributed by atoms with Crippen LogP contribution in [0.2, 0.25) is 0 Å². The van der Waals surface area contributed by atoms with E-state index in [4.69, 9.17) is 0 Å². The van der Waals surface area contributed by atoms with Crippen LogP contribution < -0.4 is 5.32 Å². The van der Waals surface area contributed by atoms with Gasteiger partial charge in [-0.15, -0.1) is 0 Å². The molecular weight excluding hydrogens is 226 g/mol. The van der Waals surface area contributed by atoms with E-state index in [0.717, 1.165) is 18.9 Å².